The third kappa shape index (κ3) is 3.12. The molecule has 0 fully saturated rings. The number of carbonyl (C=O) groups is 1. The predicted molar refractivity (Wildman–Crippen MR) is 65.0 cm³/mol. The van der Waals surface area contributed by atoms with Crippen molar-refractivity contribution in [2.45, 2.75) is 26.2 Å². The van der Waals surface area contributed by atoms with Gasteiger partial charge in [0.2, 0.25) is 5.91 Å². The molecule has 0 aliphatic carbocycles. The number of amides is 1. The average molecular weight is 219 g/mol. The summed E-state index contributed by atoms with van der Waals surface area (Å²) in [5.41, 5.74) is 6.70. The molecule has 0 spiro atoms. The van der Waals surface area contributed by atoms with E-state index in [0.29, 0.717) is 5.56 Å². The summed E-state index contributed by atoms with van der Waals surface area (Å²) in [5, 5.41) is 9.61. The number of phenolic OH excluding ortho intramolecular Hbond substituents is 1. The van der Waals surface area contributed by atoms with Crippen molar-refractivity contribution in [1.29, 1.82) is 0 Å². The molecule has 0 unspecified atom stereocenters. The molecule has 0 aromatic heterocycles. The summed E-state index contributed by atoms with van der Waals surface area (Å²) < 4.78 is 0. The largest absolute Gasteiger partial charge is 0.507 e. The Morgan fingerprint density at radius 2 is 2.00 bits per heavy atom. The zero-order valence-corrected chi connectivity index (χ0v) is 9.82. The van der Waals surface area contributed by atoms with E-state index < -0.39 is 5.91 Å². The van der Waals surface area contributed by atoms with Gasteiger partial charge in [0.05, 0.1) is 0 Å². The van der Waals surface area contributed by atoms with Crippen molar-refractivity contribution < 1.29 is 9.90 Å². The van der Waals surface area contributed by atoms with Crippen LogP contribution in [0, 0.1) is 0 Å². The van der Waals surface area contributed by atoms with Gasteiger partial charge in [0.15, 0.2) is 0 Å². The minimum absolute atomic E-state index is 0.00299. The van der Waals surface area contributed by atoms with Crippen LogP contribution in [0.4, 0.5) is 0 Å². The van der Waals surface area contributed by atoms with Gasteiger partial charge in [-0.05, 0) is 29.2 Å². The van der Waals surface area contributed by atoms with Gasteiger partial charge < -0.3 is 10.8 Å². The van der Waals surface area contributed by atoms with Crippen LogP contribution in [-0.2, 0) is 10.2 Å². The van der Waals surface area contributed by atoms with Gasteiger partial charge in [-0.25, -0.2) is 0 Å². The molecule has 0 aliphatic rings. The van der Waals surface area contributed by atoms with E-state index in [9.17, 15) is 9.90 Å². The Kier molecular flexibility index (Phi) is 3.38. The molecule has 1 aromatic carbocycles. The molecule has 3 N–H and O–H groups in total. The van der Waals surface area contributed by atoms with E-state index in [-0.39, 0.29) is 11.2 Å². The van der Waals surface area contributed by atoms with Gasteiger partial charge >= 0.3 is 0 Å². The van der Waals surface area contributed by atoms with Crippen LogP contribution in [0.2, 0.25) is 0 Å². The second-order valence-electron chi connectivity index (χ2n) is 4.76. The van der Waals surface area contributed by atoms with Crippen molar-refractivity contribution >= 4 is 12.0 Å². The molecule has 86 valence electrons. The second-order valence-corrected chi connectivity index (χ2v) is 4.76. The summed E-state index contributed by atoms with van der Waals surface area (Å²) in [7, 11) is 0. The zero-order chi connectivity index (χ0) is 12.3. The number of benzene rings is 1. The molecule has 16 heavy (non-hydrogen) atoms. The lowest BCUT2D eigenvalue weighted by molar-refractivity contribution is -0.113. The lowest BCUT2D eigenvalue weighted by Gasteiger charge is -2.19. The molecule has 1 rings (SSSR count). The fraction of sp³-hybridized carbons (Fsp3) is 0.308. The van der Waals surface area contributed by atoms with E-state index in [1.807, 2.05) is 12.1 Å². The second kappa shape index (κ2) is 4.39. The number of primary amides is 1. The number of aromatic hydroxyl groups is 1. The first kappa shape index (κ1) is 12.3. The molecule has 0 atom stereocenters. The highest BCUT2D eigenvalue weighted by molar-refractivity contribution is 5.90. The summed E-state index contributed by atoms with van der Waals surface area (Å²) in [6.07, 6.45) is 2.76. The standard InChI is InChI=1S/C13H17NO2/c1-13(2,3)10-5-6-11(15)9(8-10)4-7-12(14)16/h4-8,15H,1-3H3,(H2,14,16)/b7-4+. The lowest BCUT2D eigenvalue weighted by Crippen LogP contribution is -2.11. The van der Waals surface area contributed by atoms with Crippen molar-refractivity contribution in [3.8, 4) is 5.75 Å². The van der Waals surface area contributed by atoms with Crippen LogP contribution in [0.15, 0.2) is 24.3 Å². The maximum Gasteiger partial charge on any atom is 0.241 e. The fourth-order valence-electron chi connectivity index (χ4n) is 1.33. The maximum atomic E-state index is 10.6. The van der Waals surface area contributed by atoms with Crippen molar-refractivity contribution in [2.75, 3.05) is 0 Å². The predicted octanol–water partition coefficient (Wildman–Crippen LogP) is 2.19. The molecule has 1 amide bonds. The molecule has 3 heteroatoms. The third-order valence-corrected chi connectivity index (χ3v) is 2.32. The molecule has 1 aromatic rings. The smallest absolute Gasteiger partial charge is 0.241 e. The van der Waals surface area contributed by atoms with E-state index >= 15 is 0 Å². The lowest BCUT2D eigenvalue weighted by atomic mass is 9.86. The summed E-state index contributed by atoms with van der Waals surface area (Å²) in [6.45, 7) is 6.25. The van der Waals surface area contributed by atoms with Crippen molar-refractivity contribution in [2.24, 2.45) is 5.73 Å². The Balaban J connectivity index is 3.14. The quantitative estimate of drug-likeness (QED) is 0.749. The number of hydrogen-bond donors (Lipinski definition) is 2. The van der Waals surface area contributed by atoms with Crippen LogP contribution in [0.5, 0.6) is 5.75 Å². The van der Waals surface area contributed by atoms with Gasteiger partial charge in [0.25, 0.3) is 0 Å². The Bertz CT molecular complexity index is 428. The van der Waals surface area contributed by atoms with E-state index in [1.165, 1.54) is 12.2 Å². The van der Waals surface area contributed by atoms with Gasteiger partial charge in [-0.15, -0.1) is 0 Å². The molecule has 0 radical (unpaired) electrons. The van der Waals surface area contributed by atoms with Crippen LogP contribution in [0.25, 0.3) is 6.08 Å². The highest BCUT2D eigenvalue weighted by atomic mass is 16.3. The Morgan fingerprint density at radius 3 is 2.50 bits per heavy atom. The zero-order valence-electron chi connectivity index (χ0n) is 9.82. The number of nitrogens with two attached hydrogens (primary N) is 1. The molecule has 0 saturated carbocycles. The van der Waals surface area contributed by atoms with Crippen LogP contribution in [0.1, 0.15) is 31.9 Å². The molecule has 0 saturated heterocycles. The van der Waals surface area contributed by atoms with Gasteiger partial charge in [-0.3, -0.25) is 4.79 Å². The maximum absolute atomic E-state index is 10.6. The number of hydrogen-bond acceptors (Lipinski definition) is 2. The van der Waals surface area contributed by atoms with E-state index in [1.54, 1.807) is 6.07 Å². The number of rotatable bonds is 2. The van der Waals surface area contributed by atoms with Crippen molar-refractivity contribution in [3.63, 3.8) is 0 Å². The van der Waals surface area contributed by atoms with Crippen molar-refractivity contribution in [1.82, 2.24) is 0 Å². The normalized spacial score (nSPS) is 11.9. The van der Waals surface area contributed by atoms with Crippen LogP contribution in [-0.4, -0.2) is 11.0 Å². The molecule has 3 nitrogen and oxygen atoms in total. The average Bonchev–Trinajstić information content (AvgIpc) is 2.14. The number of carbonyl (C=O) groups excluding carboxylic acids is 1. The van der Waals surface area contributed by atoms with E-state index in [2.05, 4.69) is 20.8 Å². The van der Waals surface area contributed by atoms with Crippen LogP contribution >= 0.6 is 0 Å². The minimum atomic E-state index is -0.527. The van der Waals surface area contributed by atoms with E-state index in [4.69, 9.17) is 5.73 Å². The summed E-state index contributed by atoms with van der Waals surface area (Å²) in [4.78, 5) is 10.6. The SMILES string of the molecule is CC(C)(C)c1ccc(O)c(/C=C/C(N)=O)c1. The molecule has 0 bridgehead atoms. The van der Waals surface area contributed by atoms with Gasteiger partial charge in [0, 0.05) is 11.6 Å². The number of phenols is 1. The minimum Gasteiger partial charge on any atom is -0.507 e. The molecule has 0 aliphatic heterocycles. The van der Waals surface area contributed by atoms with Gasteiger partial charge in [-0.2, -0.15) is 0 Å². The summed E-state index contributed by atoms with van der Waals surface area (Å²) >= 11 is 0. The molecular weight excluding hydrogens is 202 g/mol. The molecule has 0 heterocycles. The first-order chi connectivity index (χ1) is 7.30. The third-order valence-electron chi connectivity index (χ3n) is 2.32. The van der Waals surface area contributed by atoms with Gasteiger partial charge in [0.1, 0.15) is 5.75 Å². The van der Waals surface area contributed by atoms with Crippen LogP contribution in [0.3, 0.4) is 0 Å². The Morgan fingerprint density at radius 1 is 1.38 bits per heavy atom. The first-order valence-corrected chi connectivity index (χ1v) is 5.12. The van der Waals surface area contributed by atoms with Gasteiger partial charge in [-0.1, -0.05) is 26.8 Å². The van der Waals surface area contributed by atoms with Crippen molar-refractivity contribution in [3.05, 3.63) is 35.4 Å². The Labute approximate surface area is 95.6 Å². The molecular formula is C13H17NO2. The van der Waals surface area contributed by atoms with Crippen LogP contribution < -0.4 is 5.73 Å². The topological polar surface area (TPSA) is 63.3 Å². The highest BCUT2D eigenvalue weighted by Crippen LogP contribution is 2.27. The highest BCUT2D eigenvalue weighted by Gasteiger charge is 2.14. The summed E-state index contributed by atoms with van der Waals surface area (Å²) in [5.74, 6) is -0.383. The summed E-state index contributed by atoms with van der Waals surface area (Å²) in [6, 6.07) is 5.35. The Hall–Kier alpha value is -1.77. The first-order valence-electron chi connectivity index (χ1n) is 5.12. The monoisotopic (exact) mass is 219 g/mol. The fourth-order valence-corrected chi connectivity index (χ4v) is 1.33. The van der Waals surface area contributed by atoms with E-state index in [0.717, 1.165) is 5.56 Å².